The Morgan fingerprint density at radius 1 is 1.10 bits per heavy atom. The number of hydrogen-bond donors (Lipinski definition) is 3. The molecular weight excluding hydrogens is 388 g/mol. The number of H-pyrrole nitrogens is 1. The van der Waals surface area contributed by atoms with E-state index in [-0.39, 0.29) is 11.5 Å². The predicted octanol–water partition coefficient (Wildman–Crippen LogP) is 4.73. The molecule has 1 aliphatic carbocycles. The molecule has 1 aliphatic heterocycles. The van der Waals surface area contributed by atoms with Gasteiger partial charge in [-0.2, -0.15) is 0 Å². The molecule has 1 aromatic heterocycles. The highest BCUT2D eigenvalue weighted by Crippen LogP contribution is 2.43. The summed E-state index contributed by atoms with van der Waals surface area (Å²) in [6.45, 7) is 0. The van der Waals surface area contributed by atoms with Gasteiger partial charge in [0.25, 0.3) is 5.56 Å². The predicted molar refractivity (Wildman–Crippen MR) is 124 cm³/mol. The number of carbonyl (C=O) groups excluding carboxylic acids is 1. The van der Waals surface area contributed by atoms with Crippen LogP contribution in [0.5, 0.6) is 0 Å². The van der Waals surface area contributed by atoms with E-state index < -0.39 is 0 Å². The Balaban J connectivity index is 1.19. The van der Waals surface area contributed by atoms with Crippen LogP contribution in [0.3, 0.4) is 0 Å². The standard InChI is InChI=1S/C25H28N4O2/c30-24(12-6-11-23-28-21-10-5-4-8-18(21)25(31)29-23)26-16-13-14-22-19(15-16)17-7-2-1-3-9-20(17)27-22/h4-5,8,10,13-15,17,20,27H,1-3,6-7,9,11-12H2,(H,26,30)(H,28,29,31)/t17-,20-/m1/s1. The second-order valence-electron chi connectivity index (χ2n) is 8.73. The Hall–Kier alpha value is -3.15. The van der Waals surface area contributed by atoms with Gasteiger partial charge in [-0.25, -0.2) is 4.98 Å². The summed E-state index contributed by atoms with van der Waals surface area (Å²) in [7, 11) is 0. The van der Waals surface area contributed by atoms with E-state index in [9.17, 15) is 9.59 Å². The first-order valence-corrected chi connectivity index (χ1v) is 11.4. The normalized spacial score (nSPS) is 19.9. The number of aromatic amines is 1. The molecular formula is C25H28N4O2. The summed E-state index contributed by atoms with van der Waals surface area (Å²) < 4.78 is 0. The highest BCUT2D eigenvalue weighted by atomic mass is 16.1. The number of nitrogens with zero attached hydrogens (tertiary/aromatic N) is 1. The van der Waals surface area contributed by atoms with Crippen molar-refractivity contribution in [3.05, 3.63) is 64.2 Å². The lowest BCUT2D eigenvalue weighted by atomic mass is 9.91. The maximum atomic E-state index is 12.5. The summed E-state index contributed by atoms with van der Waals surface area (Å²) in [5, 5.41) is 7.32. The maximum absolute atomic E-state index is 12.5. The molecule has 3 aromatic rings. The molecule has 31 heavy (non-hydrogen) atoms. The zero-order valence-corrected chi connectivity index (χ0v) is 17.6. The molecule has 6 nitrogen and oxygen atoms in total. The number of aromatic nitrogens is 2. The van der Waals surface area contributed by atoms with Crippen molar-refractivity contribution >= 4 is 28.2 Å². The average Bonchev–Trinajstić information content (AvgIpc) is 2.94. The van der Waals surface area contributed by atoms with Gasteiger partial charge in [0, 0.05) is 36.2 Å². The number of fused-ring (bicyclic) bond motifs is 4. The van der Waals surface area contributed by atoms with Gasteiger partial charge in [-0.15, -0.1) is 0 Å². The van der Waals surface area contributed by atoms with Gasteiger partial charge in [0.2, 0.25) is 5.91 Å². The van der Waals surface area contributed by atoms with Gasteiger partial charge >= 0.3 is 0 Å². The van der Waals surface area contributed by atoms with Crippen LogP contribution in [0.25, 0.3) is 10.9 Å². The Morgan fingerprint density at radius 2 is 1.97 bits per heavy atom. The molecule has 6 heteroatoms. The minimum atomic E-state index is -0.131. The summed E-state index contributed by atoms with van der Waals surface area (Å²) in [6, 6.07) is 14.1. The number of carbonyl (C=O) groups is 1. The third-order valence-electron chi connectivity index (χ3n) is 6.57. The van der Waals surface area contributed by atoms with E-state index in [1.165, 1.54) is 43.4 Å². The van der Waals surface area contributed by atoms with E-state index in [4.69, 9.17) is 0 Å². The average molecular weight is 417 g/mol. The third kappa shape index (κ3) is 4.20. The summed E-state index contributed by atoms with van der Waals surface area (Å²) in [5.74, 6) is 1.18. The van der Waals surface area contributed by atoms with Gasteiger partial charge < -0.3 is 15.6 Å². The van der Waals surface area contributed by atoms with Gasteiger partial charge in [0.1, 0.15) is 5.82 Å². The Labute approximate surface area is 181 Å². The first kappa shape index (κ1) is 19.8. The third-order valence-corrected chi connectivity index (χ3v) is 6.57. The fourth-order valence-corrected chi connectivity index (χ4v) is 5.02. The molecule has 3 N–H and O–H groups in total. The maximum Gasteiger partial charge on any atom is 0.258 e. The molecule has 2 aliphatic rings. The molecule has 0 bridgehead atoms. The van der Waals surface area contributed by atoms with Gasteiger partial charge in [0.05, 0.1) is 10.9 Å². The van der Waals surface area contributed by atoms with Crippen LogP contribution in [0.4, 0.5) is 11.4 Å². The Morgan fingerprint density at radius 3 is 2.90 bits per heavy atom. The molecule has 5 rings (SSSR count). The van der Waals surface area contributed by atoms with Crippen LogP contribution in [0.2, 0.25) is 0 Å². The van der Waals surface area contributed by atoms with Crippen LogP contribution in [-0.2, 0) is 11.2 Å². The highest BCUT2D eigenvalue weighted by Gasteiger charge is 2.32. The lowest BCUT2D eigenvalue weighted by molar-refractivity contribution is -0.116. The monoisotopic (exact) mass is 416 g/mol. The lowest BCUT2D eigenvalue weighted by Gasteiger charge is -2.16. The molecule has 160 valence electrons. The molecule has 2 atom stereocenters. The number of para-hydroxylation sites is 1. The summed E-state index contributed by atoms with van der Waals surface area (Å²) in [6.07, 6.45) is 7.92. The van der Waals surface area contributed by atoms with Crippen LogP contribution in [0.1, 0.15) is 62.3 Å². The largest absolute Gasteiger partial charge is 0.381 e. The molecule has 0 unspecified atom stereocenters. The zero-order chi connectivity index (χ0) is 21.2. The molecule has 0 spiro atoms. The summed E-state index contributed by atoms with van der Waals surface area (Å²) >= 11 is 0. The number of nitrogens with one attached hydrogen (secondary N) is 3. The van der Waals surface area contributed by atoms with E-state index >= 15 is 0 Å². The second-order valence-corrected chi connectivity index (χ2v) is 8.73. The zero-order valence-electron chi connectivity index (χ0n) is 17.6. The first-order chi connectivity index (χ1) is 15.2. The number of hydrogen-bond acceptors (Lipinski definition) is 4. The van der Waals surface area contributed by atoms with Crippen molar-refractivity contribution in [2.45, 2.75) is 63.3 Å². The van der Waals surface area contributed by atoms with Crippen molar-refractivity contribution in [3.63, 3.8) is 0 Å². The van der Waals surface area contributed by atoms with E-state index in [2.05, 4.69) is 32.7 Å². The SMILES string of the molecule is O=C(CCCc1nc2ccccc2c(=O)[nH]1)Nc1ccc2c(c1)[C@H]1CCCCC[C@H]1N2. The number of rotatable bonds is 5. The number of aryl methyl sites for hydroxylation is 1. The van der Waals surface area contributed by atoms with Crippen molar-refractivity contribution in [1.82, 2.24) is 9.97 Å². The number of anilines is 2. The lowest BCUT2D eigenvalue weighted by Crippen LogP contribution is -2.18. The van der Waals surface area contributed by atoms with Crippen molar-refractivity contribution < 1.29 is 4.79 Å². The van der Waals surface area contributed by atoms with Crippen LogP contribution < -0.4 is 16.2 Å². The fraction of sp³-hybridized carbons (Fsp3) is 0.400. The molecule has 0 radical (unpaired) electrons. The summed E-state index contributed by atoms with van der Waals surface area (Å²) in [5.41, 5.74) is 4.00. The number of benzene rings is 2. The van der Waals surface area contributed by atoms with E-state index in [1.54, 1.807) is 6.07 Å². The minimum absolute atomic E-state index is 0.00791. The van der Waals surface area contributed by atoms with Crippen LogP contribution in [0.15, 0.2) is 47.3 Å². The molecule has 2 heterocycles. The van der Waals surface area contributed by atoms with E-state index in [0.29, 0.717) is 47.9 Å². The van der Waals surface area contributed by atoms with Gasteiger partial charge in [0.15, 0.2) is 0 Å². The van der Waals surface area contributed by atoms with E-state index in [1.807, 2.05) is 24.3 Å². The minimum Gasteiger partial charge on any atom is -0.381 e. The van der Waals surface area contributed by atoms with E-state index in [0.717, 1.165) is 5.69 Å². The molecule has 1 amide bonds. The van der Waals surface area contributed by atoms with Crippen LogP contribution in [-0.4, -0.2) is 21.9 Å². The topological polar surface area (TPSA) is 86.9 Å². The number of amides is 1. The molecule has 1 saturated carbocycles. The van der Waals surface area contributed by atoms with Crippen molar-refractivity contribution in [2.24, 2.45) is 0 Å². The van der Waals surface area contributed by atoms with Gasteiger partial charge in [-0.3, -0.25) is 9.59 Å². The Kier molecular flexibility index (Phi) is 5.45. The second kappa shape index (κ2) is 8.53. The van der Waals surface area contributed by atoms with Crippen molar-refractivity contribution in [1.29, 1.82) is 0 Å². The summed E-state index contributed by atoms with van der Waals surface area (Å²) in [4.78, 5) is 32.0. The van der Waals surface area contributed by atoms with Crippen molar-refractivity contribution in [2.75, 3.05) is 10.6 Å². The quantitative estimate of drug-likeness (QED) is 0.561. The van der Waals surface area contributed by atoms with Crippen LogP contribution >= 0.6 is 0 Å². The van der Waals surface area contributed by atoms with Crippen LogP contribution in [0, 0.1) is 0 Å². The smallest absolute Gasteiger partial charge is 0.258 e. The molecule has 2 aromatic carbocycles. The molecule has 0 saturated heterocycles. The molecule has 1 fully saturated rings. The van der Waals surface area contributed by atoms with Gasteiger partial charge in [-0.1, -0.05) is 31.4 Å². The highest BCUT2D eigenvalue weighted by molar-refractivity contribution is 5.91. The van der Waals surface area contributed by atoms with Gasteiger partial charge in [-0.05, 0) is 55.2 Å². The van der Waals surface area contributed by atoms with Crippen molar-refractivity contribution in [3.8, 4) is 0 Å². The fourth-order valence-electron chi connectivity index (χ4n) is 5.02. The Bertz CT molecular complexity index is 1170. The first-order valence-electron chi connectivity index (χ1n) is 11.4.